The third-order valence-electron chi connectivity index (χ3n) is 8.87. The van der Waals surface area contributed by atoms with Gasteiger partial charge in [-0.3, -0.25) is 9.59 Å². The number of imidazole rings is 1. The summed E-state index contributed by atoms with van der Waals surface area (Å²) in [6, 6.07) is 18.8. The Bertz CT molecular complexity index is 1960. The molecule has 1 atom stereocenters. The molecule has 0 saturated heterocycles. The summed E-state index contributed by atoms with van der Waals surface area (Å²) in [6.45, 7) is 11.1. The summed E-state index contributed by atoms with van der Waals surface area (Å²) in [5, 5.41) is 5.03. The zero-order chi connectivity index (χ0) is 33.5. The van der Waals surface area contributed by atoms with Crippen molar-refractivity contribution in [3.8, 4) is 11.5 Å². The van der Waals surface area contributed by atoms with Crippen LogP contribution in [0.15, 0.2) is 73.1 Å². The quantitative estimate of drug-likeness (QED) is 0.153. The number of hydrogen-bond acceptors (Lipinski definition) is 5. The van der Waals surface area contributed by atoms with Gasteiger partial charge in [-0.25, -0.2) is 4.98 Å². The molecule has 0 aliphatic carbocycles. The summed E-state index contributed by atoms with van der Waals surface area (Å²) in [5.41, 5.74) is 4.64. The van der Waals surface area contributed by atoms with Gasteiger partial charge in [0.15, 0.2) is 0 Å². The molecule has 47 heavy (non-hydrogen) atoms. The van der Waals surface area contributed by atoms with Gasteiger partial charge in [0.2, 0.25) is 0 Å². The second-order valence-corrected chi connectivity index (χ2v) is 13.7. The SMILES string of the molecule is COc1cc2c(c3c(C)cccc13)[C@H](CCl)CN2C(=O)c1cn2cc(NC(=O)c3ccc(OC(C)(C)CCC(C)C)cc3)ccc2n1. The highest BCUT2D eigenvalue weighted by Crippen LogP contribution is 2.47. The van der Waals surface area contributed by atoms with E-state index >= 15 is 0 Å². The molecule has 6 rings (SSSR count). The fraction of sp³-hybridized carbons (Fsp3) is 0.342. The molecule has 9 heteroatoms. The van der Waals surface area contributed by atoms with Crippen LogP contribution in [0.25, 0.3) is 16.4 Å². The van der Waals surface area contributed by atoms with Gasteiger partial charge in [-0.2, -0.15) is 0 Å². The first-order valence-corrected chi connectivity index (χ1v) is 16.6. The number of alkyl halides is 1. The Morgan fingerprint density at radius 2 is 1.85 bits per heavy atom. The van der Waals surface area contributed by atoms with Crippen LogP contribution in [0, 0.1) is 12.8 Å². The minimum Gasteiger partial charge on any atom is -0.496 e. The minimum atomic E-state index is -0.293. The molecule has 1 N–H and O–H groups in total. The number of pyridine rings is 1. The Kier molecular flexibility index (Phi) is 8.90. The first-order valence-electron chi connectivity index (χ1n) is 16.0. The van der Waals surface area contributed by atoms with Crippen LogP contribution in [-0.2, 0) is 0 Å². The monoisotopic (exact) mass is 652 g/mol. The molecule has 3 aromatic carbocycles. The number of halogens is 1. The predicted molar refractivity (Wildman–Crippen MR) is 189 cm³/mol. The third kappa shape index (κ3) is 6.52. The van der Waals surface area contributed by atoms with Crippen LogP contribution >= 0.6 is 11.6 Å². The highest BCUT2D eigenvalue weighted by molar-refractivity contribution is 6.19. The van der Waals surface area contributed by atoms with Gasteiger partial charge in [-0.05, 0) is 92.4 Å². The molecule has 0 unspecified atom stereocenters. The largest absolute Gasteiger partial charge is 0.496 e. The number of nitrogens with one attached hydrogen (secondary N) is 1. The van der Waals surface area contributed by atoms with Crippen molar-refractivity contribution in [3.63, 3.8) is 0 Å². The lowest BCUT2D eigenvalue weighted by molar-refractivity contribution is 0.0927. The van der Waals surface area contributed by atoms with Crippen LogP contribution in [0.5, 0.6) is 11.5 Å². The summed E-state index contributed by atoms with van der Waals surface area (Å²) in [6.07, 6.45) is 5.47. The molecule has 2 amide bonds. The van der Waals surface area contributed by atoms with Crippen LogP contribution in [0.4, 0.5) is 11.4 Å². The number of nitrogens with zero attached hydrogens (tertiary/aromatic N) is 3. The maximum Gasteiger partial charge on any atom is 0.278 e. The smallest absolute Gasteiger partial charge is 0.278 e. The second-order valence-electron chi connectivity index (χ2n) is 13.4. The summed E-state index contributed by atoms with van der Waals surface area (Å²) >= 11 is 6.47. The van der Waals surface area contributed by atoms with E-state index in [1.54, 1.807) is 53.1 Å². The molecule has 1 aliphatic heterocycles. The van der Waals surface area contributed by atoms with E-state index in [0.717, 1.165) is 46.2 Å². The first kappa shape index (κ1) is 32.4. The topological polar surface area (TPSA) is 85.2 Å². The van der Waals surface area contributed by atoms with Crippen LogP contribution in [0.2, 0.25) is 0 Å². The lowest BCUT2D eigenvalue weighted by Crippen LogP contribution is -2.30. The second kappa shape index (κ2) is 12.9. The van der Waals surface area contributed by atoms with E-state index in [1.807, 2.05) is 30.3 Å². The van der Waals surface area contributed by atoms with Crippen molar-refractivity contribution in [2.24, 2.45) is 5.92 Å². The molecule has 244 valence electrons. The summed E-state index contributed by atoms with van der Waals surface area (Å²) in [7, 11) is 1.64. The number of anilines is 2. The van der Waals surface area contributed by atoms with Crippen molar-refractivity contribution in [1.82, 2.24) is 9.38 Å². The van der Waals surface area contributed by atoms with Crippen LogP contribution < -0.4 is 19.7 Å². The van der Waals surface area contributed by atoms with E-state index in [0.29, 0.717) is 46.7 Å². The summed E-state index contributed by atoms with van der Waals surface area (Å²) in [5.74, 6) is 1.93. The van der Waals surface area contributed by atoms with Gasteiger partial charge in [0.05, 0.1) is 18.5 Å². The van der Waals surface area contributed by atoms with Gasteiger partial charge >= 0.3 is 0 Å². The number of methoxy groups -OCH3 is 1. The van der Waals surface area contributed by atoms with Crippen molar-refractivity contribution in [3.05, 3.63) is 95.4 Å². The van der Waals surface area contributed by atoms with Crippen molar-refractivity contribution in [2.75, 3.05) is 29.8 Å². The molecule has 8 nitrogen and oxygen atoms in total. The molecule has 0 fully saturated rings. The number of amides is 2. The Labute approximate surface area is 280 Å². The average Bonchev–Trinajstić information content (AvgIpc) is 3.64. The number of aromatic nitrogens is 2. The van der Waals surface area contributed by atoms with Crippen LogP contribution in [0.1, 0.15) is 78.4 Å². The zero-order valence-corrected chi connectivity index (χ0v) is 28.5. The van der Waals surface area contributed by atoms with Crippen molar-refractivity contribution < 1.29 is 19.1 Å². The Hall–Kier alpha value is -4.56. The predicted octanol–water partition coefficient (Wildman–Crippen LogP) is 8.63. The maximum atomic E-state index is 14.0. The molecular weight excluding hydrogens is 612 g/mol. The third-order valence-corrected chi connectivity index (χ3v) is 9.24. The fourth-order valence-electron chi connectivity index (χ4n) is 6.36. The lowest BCUT2D eigenvalue weighted by atomic mass is 9.92. The highest BCUT2D eigenvalue weighted by atomic mass is 35.5. The summed E-state index contributed by atoms with van der Waals surface area (Å²) < 4.78 is 13.7. The average molecular weight is 653 g/mol. The maximum absolute atomic E-state index is 14.0. The van der Waals surface area contributed by atoms with E-state index in [2.05, 4.69) is 51.0 Å². The van der Waals surface area contributed by atoms with Gasteiger partial charge in [0, 0.05) is 47.8 Å². The molecule has 1 aliphatic rings. The molecule has 0 radical (unpaired) electrons. The van der Waals surface area contributed by atoms with E-state index in [1.165, 1.54) is 0 Å². The van der Waals surface area contributed by atoms with Gasteiger partial charge < -0.3 is 24.1 Å². The molecule has 5 aromatic rings. The van der Waals surface area contributed by atoms with Crippen molar-refractivity contribution >= 4 is 51.2 Å². The van der Waals surface area contributed by atoms with E-state index in [9.17, 15) is 9.59 Å². The van der Waals surface area contributed by atoms with Gasteiger partial charge in [-0.15, -0.1) is 11.6 Å². The number of rotatable bonds is 10. The van der Waals surface area contributed by atoms with E-state index in [4.69, 9.17) is 21.1 Å². The number of hydrogen-bond donors (Lipinski definition) is 1. The van der Waals surface area contributed by atoms with Crippen molar-refractivity contribution in [1.29, 1.82) is 0 Å². The first-order chi connectivity index (χ1) is 22.5. The van der Waals surface area contributed by atoms with Gasteiger partial charge in [0.25, 0.3) is 11.8 Å². The standard InChI is InChI=1S/C38H41ClN4O4/c1-23(2)16-17-38(4,5)47-28-13-10-25(11-14-28)36(44)40-27-12-15-33-41-30(22-42(33)21-27)37(45)43-20-26(19-39)35-31(43)18-32(46-6)29-9-7-8-24(3)34(29)35/h7-15,18,21-23,26H,16-17,19-20H2,1-6H3,(H,40,44)/t26-/m1/s1. The highest BCUT2D eigenvalue weighted by Gasteiger charge is 2.36. The number of carbonyl (C=O) groups is 2. The van der Waals surface area contributed by atoms with Gasteiger partial charge in [-0.1, -0.05) is 32.0 Å². The Morgan fingerprint density at radius 1 is 1.09 bits per heavy atom. The molecular formula is C38H41ClN4O4. The van der Waals surface area contributed by atoms with Crippen molar-refractivity contribution in [2.45, 2.75) is 59.0 Å². The molecule has 0 spiro atoms. The van der Waals surface area contributed by atoms with Crippen LogP contribution in [-0.4, -0.2) is 46.3 Å². The number of carbonyl (C=O) groups excluding carboxylic acids is 2. The fourth-order valence-corrected chi connectivity index (χ4v) is 6.62. The molecule has 3 heterocycles. The van der Waals surface area contributed by atoms with Crippen LogP contribution in [0.3, 0.4) is 0 Å². The molecule has 0 saturated carbocycles. The normalized spacial score (nSPS) is 14.6. The Balaban J connectivity index is 1.20. The van der Waals surface area contributed by atoms with Gasteiger partial charge in [0.1, 0.15) is 28.4 Å². The lowest BCUT2D eigenvalue weighted by Gasteiger charge is -2.27. The number of benzene rings is 3. The number of fused-ring (bicyclic) bond motifs is 4. The molecule has 2 aromatic heterocycles. The molecule has 0 bridgehead atoms. The van der Waals surface area contributed by atoms with E-state index in [-0.39, 0.29) is 23.3 Å². The minimum absolute atomic E-state index is 0.0269. The van der Waals surface area contributed by atoms with E-state index < -0.39 is 0 Å². The number of aryl methyl sites for hydroxylation is 1. The number of ether oxygens (including phenoxy) is 2. The Morgan fingerprint density at radius 3 is 2.55 bits per heavy atom. The summed E-state index contributed by atoms with van der Waals surface area (Å²) in [4.78, 5) is 33.4. The zero-order valence-electron chi connectivity index (χ0n) is 27.8.